The number of nitro benzene ring substituents is 1. The van der Waals surface area contributed by atoms with Crippen molar-refractivity contribution in [3.05, 3.63) is 74.2 Å². The third-order valence-corrected chi connectivity index (χ3v) is 3.23. The molecule has 0 aliphatic rings. The summed E-state index contributed by atoms with van der Waals surface area (Å²) >= 11 is 0. The summed E-state index contributed by atoms with van der Waals surface area (Å²) in [6.07, 6.45) is 5.35. The third kappa shape index (κ3) is 3.12. The molecule has 0 amide bonds. The number of hydrogen-bond acceptors (Lipinski definition) is 4. The molecule has 1 aromatic heterocycles. The zero-order valence-corrected chi connectivity index (χ0v) is 12.1. The van der Waals surface area contributed by atoms with Crippen LogP contribution in [0.4, 0.5) is 5.69 Å². The summed E-state index contributed by atoms with van der Waals surface area (Å²) in [7, 11) is 0. The Morgan fingerprint density at radius 2 is 2.14 bits per heavy atom. The van der Waals surface area contributed by atoms with Crippen LogP contribution < -0.4 is 5.56 Å². The largest absolute Gasteiger partial charge is 0.396 e. The summed E-state index contributed by atoms with van der Waals surface area (Å²) in [4.78, 5) is 22.9. The van der Waals surface area contributed by atoms with E-state index >= 15 is 0 Å². The second-order valence-electron chi connectivity index (χ2n) is 4.68. The van der Waals surface area contributed by atoms with Crippen LogP contribution in [0.5, 0.6) is 0 Å². The minimum absolute atomic E-state index is 0.0311. The summed E-state index contributed by atoms with van der Waals surface area (Å²) in [6, 6.07) is 7.73. The Bertz CT molecular complexity index is 778. The van der Waals surface area contributed by atoms with Crippen LogP contribution in [0, 0.1) is 10.1 Å². The van der Waals surface area contributed by atoms with Gasteiger partial charge >= 0.3 is 0 Å². The summed E-state index contributed by atoms with van der Waals surface area (Å²) in [5.74, 6) is 0. The van der Waals surface area contributed by atoms with Crippen LogP contribution in [0.1, 0.15) is 18.1 Å². The number of nitro groups is 1. The number of aliphatic hydroxyl groups excluding tert-OH is 1. The van der Waals surface area contributed by atoms with E-state index in [0.29, 0.717) is 16.8 Å². The lowest BCUT2D eigenvalue weighted by atomic mass is 10.1. The first-order valence-corrected chi connectivity index (χ1v) is 6.81. The van der Waals surface area contributed by atoms with Crippen molar-refractivity contribution >= 4 is 11.8 Å². The minimum Gasteiger partial charge on any atom is -0.396 e. The number of aromatic nitrogens is 1. The Balaban J connectivity index is 2.64. The molecule has 0 radical (unpaired) electrons. The highest BCUT2D eigenvalue weighted by atomic mass is 16.6. The smallest absolute Gasteiger partial charge is 0.270 e. The van der Waals surface area contributed by atoms with Gasteiger partial charge in [0.1, 0.15) is 0 Å². The van der Waals surface area contributed by atoms with Gasteiger partial charge < -0.3 is 5.11 Å². The molecule has 0 saturated carbocycles. The molecule has 0 atom stereocenters. The van der Waals surface area contributed by atoms with Gasteiger partial charge in [-0.05, 0) is 19.1 Å². The van der Waals surface area contributed by atoms with Crippen LogP contribution in [-0.2, 0) is 6.42 Å². The van der Waals surface area contributed by atoms with Gasteiger partial charge in [0.2, 0.25) is 0 Å². The maximum atomic E-state index is 12.4. The molecule has 0 aliphatic heterocycles. The van der Waals surface area contributed by atoms with Crippen molar-refractivity contribution in [2.45, 2.75) is 13.3 Å². The van der Waals surface area contributed by atoms with Crippen molar-refractivity contribution in [1.29, 1.82) is 0 Å². The van der Waals surface area contributed by atoms with Crippen LogP contribution in [0.2, 0.25) is 0 Å². The van der Waals surface area contributed by atoms with Gasteiger partial charge in [-0.25, -0.2) is 0 Å². The first kappa shape index (κ1) is 15.7. The van der Waals surface area contributed by atoms with E-state index in [-0.39, 0.29) is 24.3 Å². The number of benzene rings is 1. The number of hydrogen-bond donors (Lipinski definition) is 1. The minimum atomic E-state index is -0.470. The molecule has 1 N–H and O–H groups in total. The van der Waals surface area contributed by atoms with Gasteiger partial charge in [0, 0.05) is 42.5 Å². The van der Waals surface area contributed by atoms with Gasteiger partial charge in [-0.15, -0.1) is 0 Å². The highest BCUT2D eigenvalue weighted by molar-refractivity contribution is 5.64. The van der Waals surface area contributed by atoms with E-state index in [1.807, 2.05) is 0 Å². The van der Waals surface area contributed by atoms with Crippen molar-refractivity contribution in [3.63, 3.8) is 0 Å². The average Bonchev–Trinajstić information content (AvgIpc) is 2.50. The first-order chi connectivity index (χ1) is 10.6. The normalized spacial score (nSPS) is 11.0. The average molecular weight is 300 g/mol. The molecular weight excluding hydrogens is 284 g/mol. The molecule has 1 aromatic carbocycles. The van der Waals surface area contributed by atoms with Gasteiger partial charge in [0.05, 0.1) is 10.6 Å². The molecule has 6 heteroatoms. The van der Waals surface area contributed by atoms with E-state index in [1.165, 1.54) is 16.7 Å². The van der Waals surface area contributed by atoms with Gasteiger partial charge in [-0.2, -0.15) is 0 Å². The van der Waals surface area contributed by atoms with Gasteiger partial charge in [-0.1, -0.05) is 18.2 Å². The highest BCUT2D eigenvalue weighted by Crippen LogP contribution is 2.21. The van der Waals surface area contributed by atoms with Crippen LogP contribution in [-0.4, -0.2) is 21.2 Å². The van der Waals surface area contributed by atoms with Crippen LogP contribution in [0.3, 0.4) is 0 Å². The molecule has 0 fully saturated rings. The number of rotatable bonds is 5. The molecule has 0 saturated heterocycles. The predicted molar refractivity (Wildman–Crippen MR) is 84.2 cm³/mol. The molecule has 0 aliphatic carbocycles. The number of allylic oxidation sites excluding steroid dienone is 1. The monoisotopic (exact) mass is 300 g/mol. The Kier molecular flexibility index (Phi) is 4.85. The SMILES string of the molecule is C/C=C/c1cc([N+](=O)[O-])ccc1-n1cccc(CCO)c1=O. The van der Waals surface area contributed by atoms with Crippen molar-refractivity contribution in [1.82, 2.24) is 4.57 Å². The Morgan fingerprint density at radius 1 is 1.36 bits per heavy atom. The molecule has 22 heavy (non-hydrogen) atoms. The molecule has 114 valence electrons. The van der Waals surface area contributed by atoms with Crippen molar-refractivity contribution < 1.29 is 10.0 Å². The lowest BCUT2D eigenvalue weighted by Crippen LogP contribution is -2.22. The molecular formula is C16H16N2O4. The van der Waals surface area contributed by atoms with E-state index in [4.69, 9.17) is 5.11 Å². The van der Waals surface area contributed by atoms with Crippen molar-refractivity contribution in [2.75, 3.05) is 6.61 Å². The Morgan fingerprint density at radius 3 is 2.77 bits per heavy atom. The summed E-state index contributed by atoms with van der Waals surface area (Å²) in [5, 5.41) is 19.9. The fraction of sp³-hybridized carbons (Fsp3) is 0.188. The quantitative estimate of drug-likeness (QED) is 0.678. The maximum Gasteiger partial charge on any atom is 0.270 e. The van der Waals surface area contributed by atoms with Gasteiger partial charge in [-0.3, -0.25) is 19.5 Å². The second kappa shape index (κ2) is 6.82. The molecule has 6 nitrogen and oxygen atoms in total. The Labute approximate surface area is 127 Å². The maximum absolute atomic E-state index is 12.4. The topological polar surface area (TPSA) is 85.4 Å². The number of nitrogens with zero attached hydrogens (tertiary/aromatic N) is 2. The van der Waals surface area contributed by atoms with Crippen LogP contribution in [0.25, 0.3) is 11.8 Å². The van der Waals surface area contributed by atoms with Crippen LogP contribution in [0.15, 0.2) is 47.4 Å². The number of aliphatic hydroxyl groups is 1. The fourth-order valence-corrected chi connectivity index (χ4v) is 2.23. The number of non-ortho nitro benzene ring substituents is 1. The molecule has 1 heterocycles. The first-order valence-electron chi connectivity index (χ1n) is 6.81. The highest BCUT2D eigenvalue weighted by Gasteiger charge is 2.12. The van der Waals surface area contributed by atoms with Crippen molar-refractivity contribution in [3.8, 4) is 5.69 Å². The number of pyridine rings is 1. The molecule has 0 bridgehead atoms. The standard InChI is InChI=1S/C16H16N2O4/c1-2-4-13-11-14(18(21)22)6-7-15(13)17-9-3-5-12(8-10-19)16(17)20/h2-7,9,11,19H,8,10H2,1H3/b4-2+. The molecule has 2 aromatic rings. The van der Waals surface area contributed by atoms with Crippen LogP contribution >= 0.6 is 0 Å². The van der Waals surface area contributed by atoms with Gasteiger partial charge in [0.15, 0.2) is 0 Å². The van der Waals surface area contributed by atoms with E-state index in [9.17, 15) is 14.9 Å². The molecule has 0 spiro atoms. The second-order valence-corrected chi connectivity index (χ2v) is 4.68. The van der Waals surface area contributed by atoms with E-state index < -0.39 is 4.92 Å². The fourth-order valence-electron chi connectivity index (χ4n) is 2.23. The predicted octanol–water partition coefficient (Wildman–Crippen LogP) is 2.31. The zero-order chi connectivity index (χ0) is 16.1. The summed E-state index contributed by atoms with van der Waals surface area (Å²) < 4.78 is 1.43. The summed E-state index contributed by atoms with van der Waals surface area (Å²) in [5.41, 5.74) is 1.37. The van der Waals surface area contributed by atoms with Gasteiger partial charge in [0.25, 0.3) is 11.2 Å². The van der Waals surface area contributed by atoms with E-state index in [1.54, 1.807) is 43.5 Å². The van der Waals surface area contributed by atoms with E-state index in [0.717, 1.165) is 0 Å². The van der Waals surface area contributed by atoms with Crippen molar-refractivity contribution in [2.24, 2.45) is 0 Å². The molecule has 0 unspecified atom stereocenters. The molecule has 2 rings (SSSR count). The lowest BCUT2D eigenvalue weighted by molar-refractivity contribution is -0.384. The lowest BCUT2D eigenvalue weighted by Gasteiger charge is -2.11. The van der Waals surface area contributed by atoms with E-state index in [2.05, 4.69) is 0 Å². The third-order valence-electron chi connectivity index (χ3n) is 3.23. The Hall–Kier alpha value is -2.73. The summed E-state index contributed by atoms with van der Waals surface area (Å²) in [6.45, 7) is 1.69. The zero-order valence-electron chi connectivity index (χ0n) is 12.1.